The Kier molecular flexibility index (Phi) is 2.69. The monoisotopic (exact) mass is 152 g/mol. The van der Waals surface area contributed by atoms with Gasteiger partial charge in [-0.2, -0.15) is 0 Å². The summed E-state index contributed by atoms with van der Waals surface area (Å²) in [4.78, 5) is 13.1. The average molecular weight is 152 g/mol. The number of allylic oxidation sites excluding steroid dienone is 1. The largest absolute Gasteiger partial charge is 0.334 e. The maximum absolute atomic E-state index is 11.3. The molecule has 1 aliphatic rings. The first-order valence-corrected chi connectivity index (χ1v) is 3.99. The number of likely N-dealkylation sites (tertiary alicyclic amines) is 1. The van der Waals surface area contributed by atoms with Crippen molar-refractivity contribution in [3.63, 3.8) is 0 Å². The lowest BCUT2D eigenvalue weighted by atomic mass is 10.3. The summed E-state index contributed by atoms with van der Waals surface area (Å²) in [5, 5.41) is 0. The van der Waals surface area contributed by atoms with Gasteiger partial charge in [0.15, 0.2) is 0 Å². The number of rotatable bonds is 1. The number of hydrogen-bond donors (Lipinski definition) is 0. The summed E-state index contributed by atoms with van der Waals surface area (Å²) in [5.74, 6) is 0.127. The van der Waals surface area contributed by atoms with Crippen LogP contribution in [0.2, 0.25) is 0 Å². The van der Waals surface area contributed by atoms with Crippen molar-refractivity contribution in [1.29, 1.82) is 0 Å². The van der Waals surface area contributed by atoms with E-state index in [0.717, 1.165) is 25.0 Å². The van der Waals surface area contributed by atoms with Gasteiger partial charge in [-0.3, -0.25) is 4.79 Å². The van der Waals surface area contributed by atoms with E-state index in [9.17, 15) is 4.79 Å². The van der Waals surface area contributed by atoms with Crippen molar-refractivity contribution >= 4 is 5.91 Å². The molecule has 1 heterocycles. The predicted molar refractivity (Wildman–Crippen MR) is 44.7 cm³/mol. The fourth-order valence-electron chi connectivity index (χ4n) is 1.13. The van der Waals surface area contributed by atoms with Crippen molar-refractivity contribution in [2.45, 2.75) is 26.7 Å². The van der Waals surface area contributed by atoms with Crippen molar-refractivity contribution in [3.05, 3.63) is 18.2 Å². The number of carbonyl (C=O) groups is 1. The molecule has 0 bridgehead atoms. The highest BCUT2D eigenvalue weighted by atomic mass is 16.2. The number of hydrogen-bond acceptors (Lipinski definition) is 1. The van der Waals surface area contributed by atoms with Gasteiger partial charge >= 0.3 is 0 Å². The summed E-state index contributed by atoms with van der Waals surface area (Å²) in [5.41, 5.74) is 1.07. The molecule has 2 nitrogen and oxygen atoms in total. The lowest BCUT2D eigenvalue weighted by Crippen LogP contribution is -2.22. The maximum atomic E-state index is 11.3. The quantitative estimate of drug-likeness (QED) is 0.524. The highest BCUT2D eigenvalue weighted by Gasteiger charge is 2.15. The molecule has 0 N–H and O–H groups in total. The second-order valence-electron chi connectivity index (χ2n) is 3.08. The molecular formula is C9H14NO. The molecular weight excluding hydrogens is 138 g/mol. The van der Waals surface area contributed by atoms with Crippen molar-refractivity contribution in [2.75, 3.05) is 6.54 Å². The zero-order valence-corrected chi connectivity index (χ0v) is 7.13. The van der Waals surface area contributed by atoms with Crippen LogP contribution in [0.4, 0.5) is 0 Å². The first kappa shape index (κ1) is 8.31. The molecule has 11 heavy (non-hydrogen) atoms. The third-order valence-electron chi connectivity index (χ3n) is 1.65. The van der Waals surface area contributed by atoms with E-state index in [0.29, 0.717) is 0 Å². The first-order chi connectivity index (χ1) is 5.20. The van der Waals surface area contributed by atoms with Crippen molar-refractivity contribution in [1.82, 2.24) is 4.90 Å². The van der Waals surface area contributed by atoms with E-state index in [4.69, 9.17) is 0 Å². The summed E-state index contributed by atoms with van der Waals surface area (Å²) in [6, 6.07) is 0. The summed E-state index contributed by atoms with van der Waals surface area (Å²) in [6.45, 7) is 6.74. The minimum Gasteiger partial charge on any atom is -0.334 e. The van der Waals surface area contributed by atoms with Crippen molar-refractivity contribution in [3.8, 4) is 0 Å². The molecule has 0 aromatic heterocycles. The molecule has 1 radical (unpaired) electrons. The van der Waals surface area contributed by atoms with E-state index in [1.165, 1.54) is 0 Å². The lowest BCUT2D eigenvalue weighted by molar-refractivity contribution is -0.123. The lowest BCUT2D eigenvalue weighted by Gasteiger charge is -2.11. The number of nitrogens with zero attached hydrogens (tertiary/aromatic N) is 1. The Balaban J connectivity index is 2.47. The summed E-state index contributed by atoms with van der Waals surface area (Å²) < 4.78 is 0. The summed E-state index contributed by atoms with van der Waals surface area (Å²) in [7, 11) is 0. The fraction of sp³-hybridized carbons (Fsp3) is 0.556. The third-order valence-corrected chi connectivity index (χ3v) is 1.65. The molecule has 0 aromatic carbocycles. The number of amides is 1. The second-order valence-corrected chi connectivity index (χ2v) is 3.08. The summed E-state index contributed by atoms with van der Waals surface area (Å²) >= 11 is 0. The Morgan fingerprint density at radius 1 is 1.55 bits per heavy atom. The van der Waals surface area contributed by atoms with Gasteiger partial charge in [0.1, 0.15) is 0 Å². The Morgan fingerprint density at radius 2 is 2.27 bits per heavy atom. The van der Waals surface area contributed by atoms with Crippen LogP contribution in [0.3, 0.4) is 0 Å². The molecule has 1 aliphatic heterocycles. The van der Waals surface area contributed by atoms with Crippen LogP contribution in [0.1, 0.15) is 26.7 Å². The smallest absolute Gasteiger partial charge is 0.246 e. The molecule has 2 heteroatoms. The summed E-state index contributed by atoms with van der Waals surface area (Å²) in [6.07, 6.45) is 3.84. The highest BCUT2D eigenvalue weighted by Crippen LogP contribution is 2.12. The molecule has 1 amide bonds. The first-order valence-electron chi connectivity index (χ1n) is 3.99. The van der Waals surface area contributed by atoms with Crippen LogP contribution < -0.4 is 0 Å². The normalized spacial score (nSPS) is 16.7. The van der Waals surface area contributed by atoms with Gasteiger partial charge in [0, 0.05) is 12.6 Å². The Labute approximate surface area is 67.9 Å². The molecule has 1 saturated heterocycles. The van der Waals surface area contributed by atoms with Gasteiger partial charge in [-0.25, -0.2) is 0 Å². The molecule has 1 fully saturated rings. The molecule has 0 aromatic rings. The van der Waals surface area contributed by atoms with E-state index >= 15 is 0 Å². The van der Waals surface area contributed by atoms with Crippen LogP contribution >= 0.6 is 0 Å². The second kappa shape index (κ2) is 3.56. The van der Waals surface area contributed by atoms with Gasteiger partial charge in [-0.15, -0.1) is 0 Å². The van der Waals surface area contributed by atoms with Crippen LogP contribution in [0.25, 0.3) is 0 Å². The molecule has 0 spiro atoms. The van der Waals surface area contributed by atoms with E-state index in [-0.39, 0.29) is 5.91 Å². The zero-order chi connectivity index (χ0) is 8.27. The van der Waals surface area contributed by atoms with Gasteiger partial charge < -0.3 is 4.90 Å². The zero-order valence-electron chi connectivity index (χ0n) is 7.13. The Morgan fingerprint density at radius 3 is 2.73 bits per heavy atom. The van der Waals surface area contributed by atoms with Crippen LogP contribution in [0.5, 0.6) is 0 Å². The minimum atomic E-state index is 0.127. The van der Waals surface area contributed by atoms with Gasteiger partial charge in [0.05, 0.1) is 6.54 Å². The standard InChI is InChI=1S/C9H14NO/c1-8(2)7-9(11)10-5-3-4-6-10/h5,7H,3-4,6H2,1-2H3. The fourth-order valence-corrected chi connectivity index (χ4v) is 1.13. The average Bonchev–Trinajstić information content (AvgIpc) is 2.35. The van der Waals surface area contributed by atoms with Crippen LogP contribution in [0, 0.1) is 6.54 Å². The van der Waals surface area contributed by atoms with Gasteiger partial charge in [0.25, 0.3) is 0 Å². The molecule has 0 unspecified atom stereocenters. The van der Waals surface area contributed by atoms with E-state index < -0.39 is 0 Å². The van der Waals surface area contributed by atoms with E-state index in [2.05, 4.69) is 0 Å². The molecule has 0 atom stereocenters. The van der Waals surface area contributed by atoms with Crippen LogP contribution in [-0.4, -0.2) is 17.4 Å². The van der Waals surface area contributed by atoms with Crippen LogP contribution in [0.15, 0.2) is 11.6 Å². The molecule has 1 rings (SSSR count). The third kappa shape index (κ3) is 2.37. The van der Waals surface area contributed by atoms with Crippen molar-refractivity contribution in [2.24, 2.45) is 0 Å². The van der Waals surface area contributed by atoms with Gasteiger partial charge in [0.2, 0.25) is 5.91 Å². The molecule has 0 saturated carbocycles. The molecule has 61 valence electrons. The SMILES string of the molecule is CC(C)=CC(=O)N1[CH]CCC1. The van der Waals surface area contributed by atoms with Crippen LogP contribution in [-0.2, 0) is 4.79 Å². The van der Waals surface area contributed by atoms with Gasteiger partial charge in [-0.05, 0) is 26.7 Å². The van der Waals surface area contributed by atoms with Crippen molar-refractivity contribution < 1.29 is 4.79 Å². The number of carbonyl (C=O) groups excluding carboxylic acids is 1. The van der Waals surface area contributed by atoms with E-state index in [1.54, 1.807) is 11.0 Å². The predicted octanol–water partition coefficient (Wildman–Crippen LogP) is 1.74. The maximum Gasteiger partial charge on any atom is 0.246 e. The van der Waals surface area contributed by atoms with E-state index in [1.807, 2.05) is 20.4 Å². The Bertz CT molecular complexity index is 174. The topological polar surface area (TPSA) is 20.3 Å². The highest BCUT2D eigenvalue weighted by molar-refractivity contribution is 5.88. The molecule has 0 aliphatic carbocycles. The minimum absolute atomic E-state index is 0.127. The Hall–Kier alpha value is -0.790. The van der Waals surface area contributed by atoms with Gasteiger partial charge in [-0.1, -0.05) is 5.57 Å².